The molecule has 0 saturated heterocycles. The molecule has 110 valence electrons. The summed E-state index contributed by atoms with van der Waals surface area (Å²) in [4.78, 5) is 23.2. The molecular formula is C14H26N2O3. The number of hydrogen-bond acceptors (Lipinski definition) is 2. The van der Waals surface area contributed by atoms with Crippen LogP contribution >= 0.6 is 0 Å². The summed E-state index contributed by atoms with van der Waals surface area (Å²) < 4.78 is 0. The number of aliphatic carboxylic acids is 1. The van der Waals surface area contributed by atoms with Crippen LogP contribution in [-0.4, -0.2) is 29.7 Å². The summed E-state index contributed by atoms with van der Waals surface area (Å²) in [7, 11) is 0. The van der Waals surface area contributed by atoms with Gasteiger partial charge in [0.2, 0.25) is 0 Å². The second-order valence-corrected chi connectivity index (χ2v) is 6.01. The topological polar surface area (TPSA) is 78.4 Å². The van der Waals surface area contributed by atoms with E-state index in [0.29, 0.717) is 18.8 Å². The van der Waals surface area contributed by atoms with Crippen molar-refractivity contribution < 1.29 is 14.7 Å². The fraction of sp³-hybridized carbons (Fsp3) is 0.857. The van der Waals surface area contributed by atoms with Gasteiger partial charge in [-0.05, 0) is 25.7 Å². The number of carbonyl (C=O) groups excluding carboxylic acids is 1. The van der Waals surface area contributed by atoms with Gasteiger partial charge in [-0.1, -0.05) is 33.1 Å². The number of hydrogen-bond donors (Lipinski definition) is 3. The van der Waals surface area contributed by atoms with E-state index in [2.05, 4.69) is 10.6 Å². The van der Waals surface area contributed by atoms with Crippen molar-refractivity contribution in [3.05, 3.63) is 0 Å². The summed E-state index contributed by atoms with van der Waals surface area (Å²) in [5.41, 5.74) is -0.767. The number of carboxylic acid groups (broad SMARTS) is 1. The van der Waals surface area contributed by atoms with E-state index in [4.69, 9.17) is 0 Å². The Hall–Kier alpha value is -1.26. The zero-order valence-corrected chi connectivity index (χ0v) is 12.2. The Morgan fingerprint density at radius 1 is 1.16 bits per heavy atom. The third-order valence-electron chi connectivity index (χ3n) is 4.21. The molecule has 2 amide bonds. The summed E-state index contributed by atoms with van der Waals surface area (Å²) in [5.74, 6) is -0.432. The van der Waals surface area contributed by atoms with Gasteiger partial charge in [-0.25, -0.2) is 4.79 Å². The van der Waals surface area contributed by atoms with Crippen molar-refractivity contribution in [3.8, 4) is 0 Å². The highest BCUT2D eigenvalue weighted by Gasteiger charge is 2.39. The number of amides is 2. The predicted octanol–water partition coefficient (Wildman–Crippen LogP) is 2.37. The van der Waals surface area contributed by atoms with Crippen molar-refractivity contribution in [2.45, 2.75) is 58.9 Å². The molecule has 0 spiro atoms. The summed E-state index contributed by atoms with van der Waals surface area (Å²) in [6.07, 6.45) is 4.26. The molecule has 0 bridgehead atoms. The largest absolute Gasteiger partial charge is 0.481 e. The third-order valence-corrected chi connectivity index (χ3v) is 4.21. The van der Waals surface area contributed by atoms with Crippen LogP contribution in [0.5, 0.6) is 0 Å². The van der Waals surface area contributed by atoms with E-state index >= 15 is 0 Å². The molecule has 1 unspecified atom stereocenters. The lowest BCUT2D eigenvalue weighted by molar-refractivity contribution is -0.150. The Kier molecular flexibility index (Phi) is 5.63. The van der Waals surface area contributed by atoms with Crippen molar-refractivity contribution in [1.29, 1.82) is 0 Å². The number of nitrogens with one attached hydrogen (secondary N) is 2. The molecule has 0 radical (unpaired) electrons. The molecule has 0 aromatic rings. The lowest BCUT2D eigenvalue weighted by Gasteiger charge is -2.33. The van der Waals surface area contributed by atoms with Gasteiger partial charge in [-0.2, -0.15) is 0 Å². The minimum absolute atomic E-state index is 0.0760. The van der Waals surface area contributed by atoms with E-state index in [9.17, 15) is 14.7 Å². The van der Waals surface area contributed by atoms with Crippen molar-refractivity contribution in [3.63, 3.8) is 0 Å². The normalized spacial score (nSPS) is 19.8. The van der Waals surface area contributed by atoms with E-state index in [1.807, 2.05) is 20.8 Å². The van der Waals surface area contributed by atoms with E-state index in [1.54, 1.807) is 0 Å². The first-order valence-electron chi connectivity index (χ1n) is 7.15. The molecule has 0 aliphatic heterocycles. The lowest BCUT2D eigenvalue weighted by atomic mass is 9.74. The fourth-order valence-electron chi connectivity index (χ4n) is 2.37. The van der Waals surface area contributed by atoms with E-state index < -0.39 is 11.4 Å². The zero-order valence-electron chi connectivity index (χ0n) is 12.2. The van der Waals surface area contributed by atoms with Gasteiger partial charge in [0.25, 0.3) is 0 Å². The van der Waals surface area contributed by atoms with Crippen molar-refractivity contribution in [1.82, 2.24) is 10.6 Å². The maximum absolute atomic E-state index is 11.8. The number of rotatable bonds is 5. The second-order valence-electron chi connectivity index (χ2n) is 6.01. The molecule has 1 rings (SSSR count). The average molecular weight is 270 g/mol. The Morgan fingerprint density at radius 2 is 1.74 bits per heavy atom. The molecular weight excluding hydrogens is 244 g/mol. The molecule has 1 saturated carbocycles. The van der Waals surface area contributed by atoms with Gasteiger partial charge in [0.15, 0.2) is 0 Å². The maximum Gasteiger partial charge on any atom is 0.315 e. The first-order valence-corrected chi connectivity index (χ1v) is 7.15. The molecule has 3 N–H and O–H groups in total. The highest BCUT2D eigenvalue weighted by atomic mass is 16.4. The monoisotopic (exact) mass is 270 g/mol. The molecule has 1 aliphatic rings. The molecule has 1 fully saturated rings. The Morgan fingerprint density at radius 3 is 2.21 bits per heavy atom. The highest BCUT2D eigenvalue weighted by Crippen LogP contribution is 2.35. The van der Waals surface area contributed by atoms with Gasteiger partial charge in [0.1, 0.15) is 0 Å². The molecule has 0 aromatic heterocycles. The van der Waals surface area contributed by atoms with Crippen LogP contribution in [-0.2, 0) is 4.79 Å². The van der Waals surface area contributed by atoms with Gasteiger partial charge < -0.3 is 15.7 Å². The third kappa shape index (κ3) is 4.40. The average Bonchev–Trinajstić information content (AvgIpc) is 2.37. The number of carboxylic acids is 1. The van der Waals surface area contributed by atoms with Crippen LogP contribution in [0.2, 0.25) is 0 Å². The standard InChI is InChI=1S/C14H26N2O3/c1-10(2)11(3)16-13(19)15-9-14(12(17)18)7-5-4-6-8-14/h10-11H,4-9H2,1-3H3,(H,17,18)(H2,15,16,19). The Bertz CT molecular complexity index is 323. The smallest absolute Gasteiger partial charge is 0.315 e. The van der Waals surface area contributed by atoms with E-state index in [1.165, 1.54) is 0 Å². The van der Waals surface area contributed by atoms with Crippen LogP contribution in [0.3, 0.4) is 0 Å². The minimum Gasteiger partial charge on any atom is -0.481 e. The molecule has 1 aliphatic carbocycles. The summed E-state index contributed by atoms with van der Waals surface area (Å²) in [6.45, 7) is 6.23. The molecule has 0 aromatic carbocycles. The lowest BCUT2D eigenvalue weighted by Crippen LogP contribution is -2.49. The van der Waals surface area contributed by atoms with Gasteiger partial charge in [-0.3, -0.25) is 4.79 Å². The zero-order chi connectivity index (χ0) is 14.5. The van der Waals surface area contributed by atoms with E-state index in [0.717, 1.165) is 19.3 Å². The van der Waals surface area contributed by atoms with Crippen molar-refractivity contribution in [2.24, 2.45) is 11.3 Å². The van der Waals surface area contributed by atoms with Crippen LogP contribution in [0.15, 0.2) is 0 Å². The van der Waals surface area contributed by atoms with E-state index in [-0.39, 0.29) is 18.6 Å². The van der Waals surface area contributed by atoms with Crippen LogP contribution in [0.1, 0.15) is 52.9 Å². The van der Waals surface area contributed by atoms with Crippen molar-refractivity contribution >= 4 is 12.0 Å². The first kappa shape index (κ1) is 15.8. The molecule has 19 heavy (non-hydrogen) atoms. The van der Waals surface area contributed by atoms with Crippen molar-refractivity contribution in [2.75, 3.05) is 6.54 Å². The van der Waals surface area contributed by atoms with Crippen LogP contribution in [0.25, 0.3) is 0 Å². The van der Waals surface area contributed by atoms with Gasteiger partial charge in [0, 0.05) is 12.6 Å². The van der Waals surface area contributed by atoms with Gasteiger partial charge >= 0.3 is 12.0 Å². The van der Waals surface area contributed by atoms with Crippen LogP contribution in [0, 0.1) is 11.3 Å². The molecule has 5 heteroatoms. The summed E-state index contributed by atoms with van der Waals surface area (Å²) >= 11 is 0. The maximum atomic E-state index is 11.8. The Balaban J connectivity index is 2.48. The predicted molar refractivity (Wildman–Crippen MR) is 74.0 cm³/mol. The molecule has 1 atom stereocenters. The first-order chi connectivity index (χ1) is 8.87. The number of carbonyl (C=O) groups is 2. The summed E-state index contributed by atoms with van der Waals surface area (Å²) in [6, 6.07) is -0.195. The summed E-state index contributed by atoms with van der Waals surface area (Å²) in [5, 5.41) is 15.0. The molecule has 0 heterocycles. The van der Waals surface area contributed by atoms with Crippen LogP contribution < -0.4 is 10.6 Å². The van der Waals surface area contributed by atoms with Gasteiger partial charge in [0.05, 0.1) is 5.41 Å². The minimum atomic E-state index is -0.788. The fourth-order valence-corrected chi connectivity index (χ4v) is 2.37. The second kappa shape index (κ2) is 6.78. The quantitative estimate of drug-likeness (QED) is 0.717. The number of urea groups is 1. The SMILES string of the molecule is CC(C)C(C)NC(=O)NCC1(C(=O)O)CCCCC1. The molecule has 5 nitrogen and oxygen atoms in total. The highest BCUT2D eigenvalue weighted by molar-refractivity contribution is 5.78. The van der Waals surface area contributed by atoms with Gasteiger partial charge in [-0.15, -0.1) is 0 Å². The van der Waals surface area contributed by atoms with Crippen LogP contribution in [0.4, 0.5) is 4.79 Å². The Labute approximate surface area is 115 Å².